The third-order valence-electron chi connectivity index (χ3n) is 19.3. The van der Waals surface area contributed by atoms with Gasteiger partial charge in [0.25, 0.3) is 0 Å². The van der Waals surface area contributed by atoms with Crippen molar-refractivity contribution in [1.29, 1.82) is 0 Å². The number of benzene rings is 4. The lowest BCUT2D eigenvalue weighted by molar-refractivity contribution is -0.146. The lowest BCUT2D eigenvalue weighted by Gasteiger charge is -2.38. The molecule has 8 rings (SSSR count). The Labute approximate surface area is 516 Å². The van der Waals surface area contributed by atoms with Crippen LogP contribution in [-0.2, 0) is 56.9 Å². The summed E-state index contributed by atoms with van der Waals surface area (Å²) in [4.78, 5) is 118. The van der Waals surface area contributed by atoms with Gasteiger partial charge < -0.3 is 41.7 Å². The van der Waals surface area contributed by atoms with E-state index in [9.17, 15) is 24.0 Å². The van der Waals surface area contributed by atoms with Gasteiger partial charge in [0.05, 0.1) is 18.1 Å². The third kappa shape index (κ3) is 16.8. The molecular formula is C71H96N8O8. The number of unbranched alkanes of at least 4 members (excludes halogenated alkanes) is 5. The first kappa shape index (κ1) is 66.1. The van der Waals surface area contributed by atoms with Gasteiger partial charge in [0, 0.05) is 62.7 Å². The third-order valence-corrected chi connectivity index (χ3v) is 19.3. The fourth-order valence-electron chi connectivity index (χ4n) is 14.4. The fraction of sp³-hybridized carbons (Fsp3) is 0.549. The van der Waals surface area contributed by atoms with Gasteiger partial charge in [-0.1, -0.05) is 161 Å². The van der Waals surface area contributed by atoms with Crippen LogP contribution in [0.25, 0.3) is 0 Å². The van der Waals surface area contributed by atoms with Crippen molar-refractivity contribution < 1.29 is 38.4 Å². The molecule has 0 unspecified atom stereocenters. The number of ketones is 3. The maximum absolute atomic E-state index is 15.2. The maximum atomic E-state index is 15.2. The zero-order valence-corrected chi connectivity index (χ0v) is 52.0. The van der Waals surface area contributed by atoms with E-state index in [1.165, 1.54) is 0 Å². The van der Waals surface area contributed by atoms with E-state index >= 15 is 14.4 Å². The molecule has 4 fully saturated rings. The van der Waals surface area contributed by atoms with Crippen LogP contribution in [0.5, 0.6) is 0 Å². The van der Waals surface area contributed by atoms with Crippen LogP contribution in [0.15, 0.2) is 121 Å². The molecule has 6 N–H and O–H groups in total. The first-order valence-electron chi connectivity index (χ1n) is 32.7. The highest BCUT2D eigenvalue weighted by atomic mass is 16.2. The molecule has 5 amide bonds. The average Bonchev–Trinajstić information content (AvgIpc) is 1.90. The fourth-order valence-corrected chi connectivity index (χ4v) is 14.4. The number of nitrogens with zero attached hydrogens (tertiary/aromatic N) is 2. The number of amides is 5. The number of hydrogen-bond acceptors (Lipinski definition) is 11. The van der Waals surface area contributed by atoms with Crippen LogP contribution in [0, 0.1) is 17.8 Å². The molecule has 0 aliphatic carbocycles. The summed E-state index contributed by atoms with van der Waals surface area (Å²) in [7, 11) is 3.49. The zero-order valence-electron chi connectivity index (χ0n) is 52.0. The van der Waals surface area contributed by atoms with E-state index < -0.39 is 35.6 Å². The van der Waals surface area contributed by atoms with E-state index in [2.05, 4.69) is 44.0 Å². The predicted octanol–water partition coefficient (Wildman–Crippen LogP) is 8.44. The van der Waals surface area contributed by atoms with Crippen LogP contribution < -0.4 is 31.9 Å². The molecule has 16 nitrogen and oxygen atoms in total. The highest BCUT2D eigenvalue weighted by Crippen LogP contribution is 2.40. The summed E-state index contributed by atoms with van der Waals surface area (Å²) in [6, 6.07) is 35.4. The van der Waals surface area contributed by atoms with E-state index in [1.807, 2.05) is 123 Å². The van der Waals surface area contributed by atoms with Gasteiger partial charge in [0.1, 0.15) is 17.6 Å². The molecule has 0 aromatic heterocycles. The first-order chi connectivity index (χ1) is 42.3. The first-order valence-corrected chi connectivity index (χ1v) is 32.7. The topological polar surface area (TPSA) is 215 Å². The van der Waals surface area contributed by atoms with E-state index in [0.717, 1.165) is 49.7 Å². The van der Waals surface area contributed by atoms with Gasteiger partial charge in [0.2, 0.25) is 29.5 Å². The Balaban J connectivity index is 0.863. The van der Waals surface area contributed by atoms with Crippen LogP contribution in [0.3, 0.4) is 0 Å². The quantitative estimate of drug-likeness (QED) is 0.0249. The molecule has 16 heteroatoms. The summed E-state index contributed by atoms with van der Waals surface area (Å²) < 4.78 is 0. The SMILES string of the molecule is CC[C@H](NC)C(=O)C[C@@H]1C(=O)N2[C@@H](CC[C@@H]1CNCc1ccccc1)CC[C@H]2C(=O)NC(C(=O)CCCCCCCCC(=O)NC[C@H]1CC[C@H]2CC[C@@H](C(=O)CCc3ccccc3)N2C(=O)[C@H]1NC(=O)[C@H](CC)NC)(c1ccccc1)c1ccccc1. The number of Topliss-reactive ketones (excluding diaryl/α,β-unsaturated/α-hetero) is 3. The van der Waals surface area contributed by atoms with Gasteiger partial charge in [-0.3, -0.25) is 38.4 Å². The summed E-state index contributed by atoms with van der Waals surface area (Å²) in [5.41, 5.74) is 1.93. The van der Waals surface area contributed by atoms with Gasteiger partial charge in [-0.05, 0) is 132 Å². The van der Waals surface area contributed by atoms with Crippen LogP contribution in [0.4, 0.5) is 0 Å². The Bertz CT molecular complexity index is 2850. The van der Waals surface area contributed by atoms with Crippen LogP contribution in [-0.4, -0.2) is 126 Å². The van der Waals surface area contributed by atoms with Crippen molar-refractivity contribution in [3.05, 3.63) is 144 Å². The van der Waals surface area contributed by atoms with Crippen molar-refractivity contribution >= 4 is 46.9 Å². The molecule has 4 aliphatic rings. The molecule has 4 aromatic carbocycles. The molecule has 10 atom stereocenters. The second-order valence-corrected chi connectivity index (χ2v) is 24.8. The molecule has 4 heterocycles. The lowest BCUT2D eigenvalue weighted by atomic mass is 9.77. The van der Waals surface area contributed by atoms with Crippen molar-refractivity contribution in [1.82, 2.24) is 41.7 Å². The smallest absolute Gasteiger partial charge is 0.246 e. The molecule has 0 bridgehead atoms. The second kappa shape index (κ2) is 32.9. The highest BCUT2D eigenvalue weighted by molar-refractivity contribution is 6.00. The van der Waals surface area contributed by atoms with Crippen LogP contribution >= 0.6 is 0 Å². The zero-order chi connectivity index (χ0) is 61.7. The number of aryl methyl sites for hydroxylation is 1. The standard InChI is InChI=1S/C71H96N8O8/c1-5-58(72-3)63(81)45-57-51(47-74-46-50-27-17-12-18-28-50)36-38-56-41-43-61(79(56)69(57)86)68(85)77-71(53-29-19-13-20-30-53,54-31-21-14-22-32-54)64(82)33-23-9-7-8-10-24-34-65(83)75-48-52-37-39-55-40-42-60(62(80)44-35-49-25-15-11-16-26-49)78(55)70(87)66(52)76-67(84)59(6-2)73-4/h11-22,25-32,51-52,55-61,66,72-74H,5-10,23-24,33-48H2,1-4H3,(H,75,83)(H,76,84)(H,77,85)/t51-,52-,55+,56+,57+,58+,59+,60+,61+,66+/m1/s1. The van der Waals surface area contributed by atoms with Gasteiger partial charge in [-0.2, -0.15) is 0 Å². The molecule has 4 saturated heterocycles. The van der Waals surface area contributed by atoms with Crippen molar-refractivity contribution in [3.8, 4) is 0 Å². The second-order valence-electron chi connectivity index (χ2n) is 24.8. The highest BCUT2D eigenvalue weighted by Gasteiger charge is 2.51. The summed E-state index contributed by atoms with van der Waals surface area (Å²) >= 11 is 0. The van der Waals surface area contributed by atoms with E-state index in [0.29, 0.717) is 108 Å². The minimum Gasteiger partial charge on any atom is -0.356 e. The molecule has 4 aliphatic heterocycles. The number of hydrogen-bond donors (Lipinski definition) is 6. The van der Waals surface area contributed by atoms with Gasteiger partial charge >= 0.3 is 0 Å². The Morgan fingerprint density at radius 2 is 1.07 bits per heavy atom. The predicted molar refractivity (Wildman–Crippen MR) is 339 cm³/mol. The molecule has 0 radical (unpaired) electrons. The number of rotatable bonds is 33. The van der Waals surface area contributed by atoms with Gasteiger partial charge in [-0.25, -0.2) is 0 Å². The Hall–Kier alpha value is -6.88. The van der Waals surface area contributed by atoms with Gasteiger partial charge in [0.15, 0.2) is 17.3 Å². The van der Waals surface area contributed by atoms with Crippen molar-refractivity contribution in [2.75, 3.05) is 27.2 Å². The molecule has 0 saturated carbocycles. The largest absolute Gasteiger partial charge is 0.356 e. The summed E-state index contributed by atoms with van der Waals surface area (Å²) in [6.45, 7) is 5.28. The number of fused-ring (bicyclic) bond motifs is 2. The number of carbonyl (C=O) groups is 8. The van der Waals surface area contributed by atoms with E-state index in [1.54, 1.807) is 23.9 Å². The Morgan fingerprint density at radius 1 is 0.552 bits per heavy atom. The Morgan fingerprint density at radius 3 is 1.66 bits per heavy atom. The molecular weight excluding hydrogens is 1090 g/mol. The van der Waals surface area contributed by atoms with E-state index in [-0.39, 0.29) is 96.2 Å². The van der Waals surface area contributed by atoms with Crippen LogP contribution in [0.2, 0.25) is 0 Å². The number of likely N-dealkylation sites (N-methyl/N-ethyl adjacent to an activating group) is 2. The molecule has 468 valence electrons. The van der Waals surface area contributed by atoms with Crippen LogP contribution in [0.1, 0.15) is 165 Å². The van der Waals surface area contributed by atoms with E-state index in [4.69, 9.17) is 0 Å². The van der Waals surface area contributed by atoms with Crippen molar-refractivity contribution in [2.24, 2.45) is 17.8 Å². The van der Waals surface area contributed by atoms with Gasteiger partial charge in [-0.15, -0.1) is 0 Å². The number of carbonyl (C=O) groups excluding carboxylic acids is 8. The maximum Gasteiger partial charge on any atom is 0.246 e. The lowest BCUT2D eigenvalue weighted by Crippen LogP contribution is -2.58. The summed E-state index contributed by atoms with van der Waals surface area (Å²) in [5, 5.41) is 19.2. The molecule has 87 heavy (non-hydrogen) atoms. The minimum atomic E-state index is -1.54. The monoisotopic (exact) mass is 1190 g/mol. The summed E-state index contributed by atoms with van der Waals surface area (Å²) in [5.74, 6) is -2.40. The van der Waals surface area contributed by atoms with Crippen molar-refractivity contribution in [2.45, 2.75) is 203 Å². The Kier molecular flexibility index (Phi) is 25.0. The normalized spacial score (nSPS) is 22.7. The minimum absolute atomic E-state index is 0.0123. The average molecular weight is 1190 g/mol. The molecule has 0 spiro atoms. The number of nitrogens with one attached hydrogen (secondary N) is 6. The molecule has 4 aromatic rings. The van der Waals surface area contributed by atoms with Crippen molar-refractivity contribution in [3.63, 3.8) is 0 Å². The summed E-state index contributed by atoms with van der Waals surface area (Å²) in [6.07, 6.45) is 12.3.